The van der Waals surface area contributed by atoms with Gasteiger partial charge in [0.05, 0.1) is 10.6 Å². The van der Waals surface area contributed by atoms with Crippen molar-refractivity contribution in [3.8, 4) is 23.0 Å². The van der Waals surface area contributed by atoms with E-state index in [2.05, 4.69) is 15.0 Å². The van der Waals surface area contributed by atoms with Crippen molar-refractivity contribution < 1.29 is 9.66 Å². The normalized spacial score (nSPS) is 12.7. The van der Waals surface area contributed by atoms with E-state index in [0.29, 0.717) is 17.3 Å². The van der Waals surface area contributed by atoms with Gasteiger partial charge in [-0.3, -0.25) is 15.1 Å². The maximum atomic E-state index is 11.4. The number of ether oxygens (including phenoxy) is 1. The molecule has 0 fully saturated rings. The van der Waals surface area contributed by atoms with Crippen LogP contribution in [0.4, 0.5) is 5.69 Å². The molecule has 3 aromatic rings. The number of aryl methyl sites for hydroxylation is 2. The van der Waals surface area contributed by atoms with Crippen molar-refractivity contribution in [3.63, 3.8) is 0 Å². The number of hydrogen-bond acceptors (Lipinski definition) is 6. The highest BCUT2D eigenvalue weighted by Crippen LogP contribution is 2.37. The molecule has 7 heteroatoms. The summed E-state index contributed by atoms with van der Waals surface area (Å²) in [5.41, 5.74) is 3.21. The van der Waals surface area contributed by atoms with E-state index in [0.717, 1.165) is 36.1 Å². The molecule has 7 nitrogen and oxygen atoms in total. The van der Waals surface area contributed by atoms with Gasteiger partial charge in [-0.15, -0.1) is 0 Å². The predicted molar refractivity (Wildman–Crippen MR) is 95.2 cm³/mol. The Morgan fingerprint density at radius 2 is 1.92 bits per heavy atom. The second-order valence-electron chi connectivity index (χ2n) is 6.15. The van der Waals surface area contributed by atoms with Crippen LogP contribution in [0.1, 0.15) is 23.2 Å². The molecule has 2 aromatic heterocycles. The van der Waals surface area contributed by atoms with Gasteiger partial charge in [-0.1, -0.05) is 12.1 Å². The van der Waals surface area contributed by atoms with Gasteiger partial charge in [0.25, 0.3) is 0 Å². The maximum absolute atomic E-state index is 11.4. The van der Waals surface area contributed by atoms with E-state index < -0.39 is 4.92 Å². The molecule has 0 N–H and O–H groups in total. The van der Waals surface area contributed by atoms with Crippen molar-refractivity contribution in [2.75, 3.05) is 0 Å². The lowest BCUT2D eigenvalue weighted by molar-refractivity contribution is -0.386. The first kappa shape index (κ1) is 16.1. The third-order valence-electron chi connectivity index (χ3n) is 4.42. The van der Waals surface area contributed by atoms with Crippen LogP contribution in [0.5, 0.6) is 11.6 Å². The Balaban J connectivity index is 1.82. The van der Waals surface area contributed by atoms with E-state index in [1.54, 1.807) is 37.5 Å². The Bertz CT molecular complexity index is 990. The van der Waals surface area contributed by atoms with Crippen LogP contribution in [0.25, 0.3) is 11.4 Å². The summed E-state index contributed by atoms with van der Waals surface area (Å²) in [5, 5.41) is 11.4. The number of pyridine rings is 1. The summed E-state index contributed by atoms with van der Waals surface area (Å²) >= 11 is 0. The molecule has 0 radical (unpaired) electrons. The summed E-state index contributed by atoms with van der Waals surface area (Å²) in [6, 6.07) is 8.69. The number of hydrogen-bond donors (Lipinski definition) is 0. The Morgan fingerprint density at radius 1 is 1.12 bits per heavy atom. The summed E-state index contributed by atoms with van der Waals surface area (Å²) in [7, 11) is 0. The molecule has 0 atom stereocenters. The number of nitro benzene ring substituents is 1. The van der Waals surface area contributed by atoms with Crippen molar-refractivity contribution in [3.05, 3.63) is 69.7 Å². The topological polar surface area (TPSA) is 91.0 Å². The lowest BCUT2D eigenvalue weighted by Crippen LogP contribution is -2.03. The van der Waals surface area contributed by atoms with Gasteiger partial charge in [0, 0.05) is 29.1 Å². The molecule has 0 saturated carbocycles. The number of rotatable bonds is 4. The third-order valence-corrected chi connectivity index (χ3v) is 4.42. The second-order valence-corrected chi connectivity index (χ2v) is 6.15. The Kier molecular flexibility index (Phi) is 4.04. The summed E-state index contributed by atoms with van der Waals surface area (Å²) in [6.45, 7) is 1.69. The Morgan fingerprint density at radius 3 is 2.69 bits per heavy atom. The van der Waals surface area contributed by atoms with Crippen LogP contribution in [0.3, 0.4) is 0 Å². The minimum absolute atomic E-state index is 0.0386. The van der Waals surface area contributed by atoms with Gasteiger partial charge in [0.1, 0.15) is 0 Å². The molecule has 4 rings (SSSR count). The highest BCUT2D eigenvalue weighted by molar-refractivity contribution is 5.58. The largest absolute Gasteiger partial charge is 0.431 e. The standard InChI is InChI=1S/C19H16N4O3/c1-12-4-2-7-16(17(12)23(24)25)26-19-14-5-3-6-15(14)21-18(22-19)13-8-10-20-11-9-13/h2,4,7-11H,3,5-6H2,1H3. The lowest BCUT2D eigenvalue weighted by atomic mass is 10.2. The van der Waals surface area contributed by atoms with E-state index in [1.807, 2.05) is 12.1 Å². The summed E-state index contributed by atoms with van der Waals surface area (Å²) in [6.07, 6.45) is 5.98. The first-order valence-corrected chi connectivity index (χ1v) is 8.35. The molecule has 0 aliphatic heterocycles. The van der Waals surface area contributed by atoms with Crippen LogP contribution in [-0.4, -0.2) is 19.9 Å². The number of benzene rings is 1. The van der Waals surface area contributed by atoms with E-state index in [9.17, 15) is 10.1 Å². The zero-order chi connectivity index (χ0) is 18.1. The quantitative estimate of drug-likeness (QED) is 0.522. The van der Waals surface area contributed by atoms with Gasteiger partial charge in [-0.05, 0) is 44.4 Å². The van der Waals surface area contributed by atoms with Gasteiger partial charge < -0.3 is 4.74 Å². The molecule has 0 saturated heterocycles. The fraction of sp³-hybridized carbons (Fsp3) is 0.211. The average Bonchev–Trinajstić information content (AvgIpc) is 3.11. The van der Waals surface area contributed by atoms with Crippen molar-refractivity contribution in [1.82, 2.24) is 15.0 Å². The van der Waals surface area contributed by atoms with E-state index in [4.69, 9.17) is 4.74 Å². The number of nitro groups is 1. The molecule has 0 unspecified atom stereocenters. The summed E-state index contributed by atoms with van der Waals surface area (Å²) < 4.78 is 5.95. The molecule has 1 aliphatic rings. The van der Waals surface area contributed by atoms with Gasteiger partial charge in [0.2, 0.25) is 11.6 Å². The second kappa shape index (κ2) is 6.51. The highest BCUT2D eigenvalue weighted by Gasteiger charge is 2.25. The molecule has 0 spiro atoms. The Hall–Kier alpha value is -3.35. The minimum atomic E-state index is -0.421. The third kappa shape index (κ3) is 2.88. The molecule has 130 valence electrons. The fourth-order valence-corrected chi connectivity index (χ4v) is 3.17. The molecule has 0 amide bonds. The number of para-hydroxylation sites is 1. The van der Waals surface area contributed by atoms with Crippen molar-refractivity contribution in [2.24, 2.45) is 0 Å². The van der Waals surface area contributed by atoms with Gasteiger partial charge in [0.15, 0.2) is 5.82 Å². The van der Waals surface area contributed by atoms with Crippen molar-refractivity contribution in [2.45, 2.75) is 26.2 Å². The van der Waals surface area contributed by atoms with Crippen LogP contribution in [0.15, 0.2) is 42.7 Å². The molecule has 1 aliphatic carbocycles. The van der Waals surface area contributed by atoms with Crippen molar-refractivity contribution >= 4 is 5.69 Å². The van der Waals surface area contributed by atoms with Gasteiger partial charge in [-0.2, -0.15) is 4.98 Å². The zero-order valence-electron chi connectivity index (χ0n) is 14.2. The Labute approximate surface area is 149 Å². The number of aromatic nitrogens is 3. The SMILES string of the molecule is Cc1cccc(Oc2nc(-c3ccncc3)nc3c2CCC3)c1[N+](=O)[O-]. The monoisotopic (exact) mass is 348 g/mol. The van der Waals surface area contributed by atoms with Crippen LogP contribution >= 0.6 is 0 Å². The van der Waals surface area contributed by atoms with Gasteiger partial charge >= 0.3 is 5.69 Å². The highest BCUT2D eigenvalue weighted by atomic mass is 16.6. The minimum Gasteiger partial charge on any atom is -0.431 e. The van der Waals surface area contributed by atoms with Crippen LogP contribution in [-0.2, 0) is 12.8 Å². The first-order valence-electron chi connectivity index (χ1n) is 8.35. The van der Waals surface area contributed by atoms with Crippen LogP contribution < -0.4 is 4.74 Å². The zero-order valence-corrected chi connectivity index (χ0v) is 14.2. The van der Waals surface area contributed by atoms with E-state index in [1.165, 1.54) is 0 Å². The molecule has 26 heavy (non-hydrogen) atoms. The number of nitrogens with zero attached hydrogens (tertiary/aromatic N) is 4. The summed E-state index contributed by atoms with van der Waals surface area (Å²) in [5.74, 6) is 1.13. The molecular weight excluding hydrogens is 332 g/mol. The molecule has 0 bridgehead atoms. The maximum Gasteiger partial charge on any atom is 0.314 e. The predicted octanol–water partition coefficient (Wildman–Crippen LogP) is 4.04. The van der Waals surface area contributed by atoms with Gasteiger partial charge in [-0.25, -0.2) is 4.98 Å². The smallest absolute Gasteiger partial charge is 0.314 e. The van der Waals surface area contributed by atoms with Crippen molar-refractivity contribution in [1.29, 1.82) is 0 Å². The lowest BCUT2D eigenvalue weighted by Gasteiger charge is -2.12. The fourth-order valence-electron chi connectivity index (χ4n) is 3.17. The van der Waals surface area contributed by atoms with Crippen LogP contribution in [0, 0.1) is 17.0 Å². The van der Waals surface area contributed by atoms with Crippen LogP contribution in [0.2, 0.25) is 0 Å². The average molecular weight is 348 g/mol. The molecular formula is C19H16N4O3. The number of fused-ring (bicyclic) bond motifs is 1. The van der Waals surface area contributed by atoms with E-state index >= 15 is 0 Å². The summed E-state index contributed by atoms with van der Waals surface area (Å²) in [4.78, 5) is 24.2. The molecule has 1 aromatic carbocycles. The molecule has 2 heterocycles. The first-order chi connectivity index (χ1) is 12.6. The van der Waals surface area contributed by atoms with E-state index in [-0.39, 0.29) is 11.4 Å².